The highest BCUT2D eigenvalue weighted by Gasteiger charge is 2.28. The number of fused-ring (bicyclic) bond motifs is 3. The first-order valence-electron chi connectivity index (χ1n) is 13.8. The lowest BCUT2D eigenvalue weighted by molar-refractivity contribution is 1.75. The maximum Gasteiger partial charge on any atom is 0.0438 e. The predicted molar refractivity (Wildman–Crippen MR) is 191 cm³/mol. The molecule has 7 aromatic rings. The molecule has 1 aromatic heterocycles. The van der Waals surface area contributed by atoms with Gasteiger partial charge in [0.25, 0.3) is 0 Å². The Labute approximate surface area is 246 Å². The average molecular weight is 581 g/mol. The van der Waals surface area contributed by atoms with Gasteiger partial charge in [-0.1, -0.05) is 170 Å². The van der Waals surface area contributed by atoms with Gasteiger partial charge in [-0.3, -0.25) is 0 Å². The molecule has 0 unspecified atom stereocenters. The van der Waals surface area contributed by atoms with Gasteiger partial charge in [0.05, 0.1) is 0 Å². The molecule has 3 heteroatoms. The highest BCUT2D eigenvalue weighted by Crippen LogP contribution is 2.49. The molecule has 0 spiro atoms. The third kappa shape index (κ3) is 4.20. The molecule has 0 amide bonds. The van der Waals surface area contributed by atoms with E-state index in [1.165, 1.54) is 52.0 Å². The van der Waals surface area contributed by atoms with Crippen molar-refractivity contribution < 1.29 is 0 Å². The third-order valence-corrected chi connectivity index (χ3v) is 16.8. The molecule has 41 heavy (non-hydrogen) atoms. The number of thiophene rings is 1. The fourth-order valence-electron chi connectivity index (χ4n) is 5.98. The molecule has 0 aliphatic rings. The minimum Gasteiger partial charge on any atom is -0.134 e. The van der Waals surface area contributed by atoms with Crippen molar-refractivity contribution in [3.63, 3.8) is 0 Å². The van der Waals surface area contributed by atoms with Crippen molar-refractivity contribution >= 4 is 89.7 Å². The Morgan fingerprint density at radius 1 is 0.341 bits per heavy atom. The molecule has 0 radical (unpaired) electrons. The molecule has 0 aliphatic heterocycles. The van der Waals surface area contributed by atoms with Gasteiger partial charge in [0.1, 0.15) is 0 Å². The van der Waals surface area contributed by atoms with E-state index in [1.54, 1.807) is 0 Å². The summed E-state index contributed by atoms with van der Waals surface area (Å²) in [5, 5.41) is 10.5. The van der Waals surface area contributed by atoms with Gasteiger partial charge < -0.3 is 0 Å². The maximum atomic E-state index is 5.08. The fourth-order valence-corrected chi connectivity index (χ4v) is 14.4. The molecule has 0 saturated carbocycles. The molecule has 0 aliphatic carbocycles. The van der Waals surface area contributed by atoms with E-state index in [2.05, 4.69) is 158 Å². The molecular weight excluding hydrogens is 550 g/mol. The van der Waals surface area contributed by atoms with Crippen LogP contribution < -0.4 is 31.8 Å². The van der Waals surface area contributed by atoms with E-state index in [9.17, 15) is 0 Å². The molecule has 198 valence electrons. The quantitative estimate of drug-likeness (QED) is 0.179. The van der Waals surface area contributed by atoms with Gasteiger partial charge in [0.15, 0.2) is 0 Å². The van der Waals surface area contributed by atoms with Crippen LogP contribution in [0.15, 0.2) is 158 Å². The zero-order valence-electron chi connectivity index (χ0n) is 22.7. The average Bonchev–Trinajstić information content (AvgIpc) is 3.45. The first-order chi connectivity index (χ1) is 20.1. The lowest BCUT2D eigenvalue weighted by Crippen LogP contribution is -2.25. The Morgan fingerprint density at radius 3 is 0.927 bits per heavy atom. The summed E-state index contributed by atoms with van der Waals surface area (Å²) < 4.78 is 2.66. The minimum atomic E-state index is -2.15. The van der Waals surface area contributed by atoms with Gasteiger partial charge in [0, 0.05) is 30.8 Å². The van der Waals surface area contributed by atoms with Crippen molar-refractivity contribution in [2.75, 3.05) is 0 Å². The SMILES string of the molecule is C=P(c1ccccc1)(c1ccccc1)c1cccc2c1sc1c(P(=C)(c3ccccc3)c3ccccc3)cccc12. The highest BCUT2D eigenvalue weighted by molar-refractivity contribution is 7.94. The van der Waals surface area contributed by atoms with Crippen LogP contribution in [-0.2, 0) is 0 Å². The second-order valence-corrected chi connectivity index (χ2v) is 17.7. The van der Waals surface area contributed by atoms with E-state index in [0.717, 1.165) is 0 Å². The predicted octanol–water partition coefficient (Wildman–Crippen LogP) is 7.51. The number of rotatable bonds is 6. The first kappa shape index (κ1) is 26.1. The van der Waals surface area contributed by atoms with Crippen molar-refractivity contribution in [1.29, 1.82) is 0 Å². The van der Waals surface area contributed by atoms with E-state index >= 15 is 0 Å². The standard InChI is InChI=1S/C38H30P2S/c1-39(29-17-7-3-8-18-29,30-19-9-4-10-20-30)35-27-15-25-33-34-26-16-28-36(38(34)41-37(33)35)40(2,31-21-11-5-12-22-31)32-23-13-6-14-24-32/h3-28H,1-2H2. The van der Waals surface area contributed by atoms with Crippen molar-refractivity contribution in [2.45, 2.75) is 0 Å². The Hall–Kier alpha value is -3.86. The van der Waals surface area contributed by atoms with Gasteiger partial charge in [-0.2, -0.15) is 0 Å². The second kappa shape index (κ2) is 10.5. The van der Waals surface area contributed by atoms with Crippen LogP contribution in [0, 0.1) is 0 Å². The third-order valence-electron chi connectivity index (χ3n) is 8.09. The summed E-state index contributed by atoms with van der Waals surface area (Å²) in [4.78, 5) is 0. The topological polar surface area (TPSA) is 0 Å². The summed E-state index contributed by atoms with van der Waals surface area (Å²) >= 11 is 1.92. The molecular formula is C38H30P2S. The van der Waals surface area contributed by atoms with Gasteiger partial charge in [-0.05, 0) is 35.0 Å². The Morgan fingerprint density at radius 2 is 0.634 bits per heavy atom. The number of hydrogen-bond donors (Lipinski definition) is 0. The van der Waals surface area contributed by atoms with Crippen LogP contribution in [0.25, 0.3) is 20.2 Å². The normalized spacial score (nSPS) is 12.1. The molecule has 7 rings (SSSR count). The lowest BCUT2D eigenvalue weighted by atomic mass is 10.1. The maximum absolute atomic E-state index is 5.08. The van der Waals surface area contributed by atoms with Crippen LogP contribution in [0.1, 0.15) is 0 Å². The minimum absolute atomic E-state index is 1.30. The Bertz CT molecular complexity index is 1840. The van der Waals surface area contributed by atoms with E-state index in [1.807, 2.05) is 11.3 Å². The van der Waals surface area contributed by atoms with E-state index in [-0.39, 0.29) is 0 Å². The molecule has 0 bridgehead atoms. The highest BCUT2D eigenvalue weighted by atomic mass is 32.1. The molecule has 0 atom stereocenters. The number of benzene rings is 6. The lowest BCUT2D eigenvalue weighted by Gasteiger charge is -2.27. The molecule has 0 fully saturated rings. The summed E-state index contributed by atoms with van der Waals surface area (Å²) in [6, 6.07) is 57.2. The van der Waals surface area contributed by atoms with Gasteiger partial charge in [0.2, 0.25) is 0 Å². The second-order valence-electron chi connectivity index (χ2n) is 10.4. The first-order valence-corrected chi connectivity index (χ1v) is 18.5. The smallest absolute Gasteiger partial charge is 0.0438 e. The Balaban J connectivity index is 1.56. The number of hydrogen-bond acceptors (Lipinski definition) is 1. The monoisotopic (exact) mass is 580 g/mol. The van der Waals surface area contributed by atoms with E-state index < -0.39 is 13.8 Å². The fraction of sp³-hybridized carbons (Fsp3) is 0. The molecule has 0 N–H and O–H groups in total. The van der Waals surface area contributed by atoms with E-state index in [4.69, 9.17) is 12.6 Å². The summed E-state index contributed by atoms with van der Waals surface area (Å²) in [5.41, 5.74) is 0. The van der Waals surface area contributed by atoms with Crippen LogP contribution in [0.4, 0.5) is 0 Å². The van der Waals surface area contributed by atoms with Crippen molar-refractivity contribution in [3.05, 3.63) is 158 Å². The summed E-state index contributed by atoms with van der Waals surface area (Å²) in [6.45, 7) is -4.29. The van der Waals surface area contributed by atoms with Crippen molar-refractivity contribution in [2.24, 2.45) is 0 Å². The van der Waals surface area contributed by atoms with Crippen molar-refractivity contribution in [1.82, 2.24) is 0 Å². The molecule has 0 saturated heterocycles. The summed E-state index contributed by atoms with van der Waals surface area (Å²) in [7, 11) is 0. The molecule has 6 aromatic carbocycles. The van der Waals surface area contributed by atoms with E-state index in [0.29, 0.717) is 0 Å². The van der Waals surface area contributed by atoms with Gasteiger partial charge >= 0.3 is 0 Å². The molecule has 1 heterocycles. The zero-order chi connectivity index (χ0) is 27.9. The summed E-state index contributed by atoms with van der Waals surface area (Å²) in [5.74, 6) is 0. The zero-order valence-corrected chi connectivity index (χ0v) is 25.3. The van der Waals surface area contributed by atoms with Crippen molar-refractivity contribution in [3.8, 4) is 0 Å². The van der Waals surface area contributed by atoms with Gasteiger partial charge in [-0.15, -0.1) is 11.3 Å². The van der Waals surface area contributed by atoms with Crippen LogP contribution in [-0.4, -0.2) is 12.6 Å². The van der Waals surface area contributed by atoms with Gasteiger partial charge in [-0.25, -0.2) is 0 Å². The van der Waals surface area contributed by atoms with Crippen LogP contribution in [0.2, 0.25) is 0 Å². The van der Waals surface area contributed by atoms with Crippen LogP contribution in [0.5, 0.6) is 0 Å². The molecule has 0 nitrogen and oxygen atoms in total. The summed E-state index contributed by atoms with van der Waals surface area (Å²) in [6.07, 6.45) is 10.2. The van der Waals surface area contributed by atoms with Crippen LogP contribution in [0.3, 0.4) is 0 Å². The largest absolute Gasteiger partial charge is 0.134 e. The van der Waals surface area contributed by atoms with Crippen LogP contribution >= 0.6 is 25.1 Å². The Kier molecular flexibility index (Phi) is 6.69.